The monoisotopic (exact) mass is 229 g/mol. The van der Waals surface area contributed by atoms with E-state index in [0.29, 0.717) is 12.5 Å². The van der Waals surface area contributed by atoms with Crippen LogP contribution >= 0.6 is 0 Å². The standard InChI is InChI=1S/C13H15N3O/c1-9-3-4-12(17)11(7-9)8-15-13-14-6-5-10(2)16-13/h3-7,17H,8H2,1-2H3,(H,14,15,16). The van der Waals surface area contributed by atoms with Gasteiger partial charge in [-0.3, -0.25) is 0 Å². The van der Waals surface area contributed by atoms with Crippen molar-refractivity contribution in [2.24, 2.45) is 0 Å². The number of nitrogens with zero attached hydrogens (tertiary/aromatic N) is 2. The molecule has 1 aromatic carbocycles. The molecule has 0 unspecified atom stereocenters. The lowest BCUT2D eigenvalue weighted by molar-refractivity contribution is 0.469. The minimum Gasteiger partial charge on any atom is -0.508 e. The van der Waals surface area contributed by atoms with E-state index in [4.69, 9.17) is 0 Å². The van der Waals surface area contributed by atoms with Gasteiger partial charge in [0, 0.05) is 24.0 Å². The molecular weight excluding hydrogens is 214 g/mol. The number of phenols is 1. The van der Waals surface area contributed by atoms with Crippen LogP contribution in [0.3, 0.4) is 0 Å². The highest BCUT2D eigenvalue weighted by molar-refractivity contribution is 5.38. The SMILES string of the molecule is Cc1ccc(O)c(CNc2nccc(C)n2)c1. The van der Waals surface area contributed by atoms with Crippen LogP contribution in [-0.2, 0) is 6.54 Å². The Morgan fingerprint density at radius 3 is 2.82 bits per heavy atom. The molecule has 1 aromatic heterocycles. The molecule has 4 heteroatoms. The third-order valence-electron chi connectivity index (χ3n) is 2.47. The molecule has 0 bridgehead atoms. The fraction of sp³-hybridized carbons (Fsp3) is 0.231. The molecule has 0 fully saturated rings. The van der Waals surface area contributed by atoms with E-state index in [9.17, 15) is 5.11 Å². The zero-order chi connectivity index (χ0) is 12.3. The smallest absolute Gasteiger partial charge is 0.223 e. The molecule has 0 spiro atoms. The summed E-state index contributed by atoms with van der Waals surface area (Å²) in [6.07, 6.45) is 1.71. The van der Waals surface area contributed by atoms with Gasteiger partial charge < -0.3 is 10.4 Å². The van der Waals surface area contributed by atoms with Crippen LogP contribution in [0.1, 0.15) is 16.8 Å². The van der Waals surface area contributed by atoms with Gasteiger partial charge in [-0.05, 0) is 26.0 Å². The van der Waals surface area contributed by atoms with Crippen LogP contribution in [0.25, 0.3) is 0 Å². The fourth-order valence-corrected chi connectivity index (χ4v) is 1.56. The van der Waals surface area contributed by atoms with Crippen molar-refractivity contribution in [1.82, 2.24) is 9.97 Å². The van der Waals surface area contributed by atoms with E-state index in [0.717, 1.165) is 16.8 Å². The van der Waals surface area contributed by atoms with Crippen molar-refractivity contribution in [2.45, 2.75) is 20.4 Å². The van der Waals surface area contributed by atoms with Crippen LogP contribution in [0.2, 0.25) is 0 Å². The number of phenolic OH excluding ortho intramolecular Hbond substituents is 1. The Kier molecular flexibility index (Phi) is 3.23. The van der Waals surface area contributed by atoms with Gasteiger partial charge in [-0.1, -0.05) is 17.7 Å². The van der Waals surface area contributed by atoms with Crippen LogP contribution < -0.4 is 5.32 Å². The largest absolute Gasteiger partial charge is 0.508 e. The number of aromatic nitrogens is 2. The average molecular weight is 229 g/mol. The van der Waals surface area contributed by atoms with Crippen LogP contribution in [0.15, 0.2) is 30.5 Å². The first kappa shape index (κ1) is 11.4. The van der Waals surface area contributed by atoms with Crippen molar-refractivity contribution >= 4 is 5.95 Å². The normalized spacial score (nSPS) is 10.2. The van der Waals surface area contributed by atoms with E-state index in [1.54, 1.807) is 12.3 Å². The second kappa shape index (κ2) is 4.82. The number of rotatable bonds is 3. The van der Waals surface area contributed by atoms with Crippen molar-refractivity contribution < 1.29 is 5.11 Å². The number of anilines is 1. The quantitative estimate of drug-likeness (QED) is 0.848. The highest BCUT2D eigenvalue weighted by atomic mass is 16.3. The summed E-state index contributed by atoms with van der Waals surface area (Å²) in [6, 6.07) is 7.36. The maximum Gasteiger partial charge on any atom is 0.223 e. The number of aryl methyl sites for hydroxylation is 2. The third-order valence-corrected chi connectivity index (χ3v) is 2.47. The van der Waals surface area contributed by atoms with Crippen LogP contribution in [0, 0.1) is 13.8 Å². The first-order valence-corrected chi connectivity index (χ1v) is 5.47. The molecule has 0 aliphatic rings. The highest BCUT2D eigenvalue weighted by Gasteiger charge is 2.02. The van der Waals surface area contributed by atoms with Gasteiger partial charge in [0.25, 0.3) is 0 Å². The molecule has 2 N–H and O–H groups in total. The lowest BCUT2D eigenvalue weighted by Crippen LogP contribution is -2.04. The van der Waals surface area contributed by atoms with Gasteiger partial charge in [-0.25, -0.2) is 9.97 Å². The predicted octanol–water partition coefficient (Wildman–Crippen LogP) is 2.41. The minimum atomic E-state index is 0.288. The molecule has 0 saturated carbocycles. The second-order valence-electron chi connectivity index (χ2n) is 4.01. The summed E-state index contributed by atoms with van der Waals surface area (Å²) >= 11 is 0. The molecule has 0 saturated heterocycles. The molecule has 88 valence electrons. The van der Waals surface area contributed by atoms with E-state index in [2.05, 4.69) is 15.3 Å². The summed E-state index contributed by atoms with van der Waals surface area (Å²) in [6.45, 7) is 4.42. The fourth-order valence-electron chi connectivity index (χ4n) is 1.56. The third kappa shape index (κ3) is 2.93. The Labute approximate surface area is 100 Å². The van der Waals surface area contributed by atoms with Crippen molar-refractivity contribution in [3.63, 3.8) is 0 Å². The van der Waals surface area contributed by atoms with E-state index in [1.807, 2.05) is 32.0 Å². The minimum absolute atomic E-state index is 0.288. The van der Waals surface area contributed by atoms with E-state index in [1.165, 1.54) is 0 Å². The lowest BCUT2D eigenvalue weighted by atomic mass is 10.1. The summed E-state index contributed by atoms with van der Waals surface area (Å²) in [4.78, 5) is 8.34. The van der Waals surface area contributed by atoms with Crippen LogP contribution in [0.4, 0.5) is 5.95 Å². The molecule has 4 nitrogen and oxygen atoms in total. The Morgan fingerprint density at radius 1 is 1.24 bits per heavy atom. The van der Waals surface area contributed by atoms with Gasteiger partial charge in [-0.2, -0.15) is 0 Å². The number of nitrogens with one attached hydrogen (secondary N) is 1. The first-order valence-electron chi connectivity index (χ1n) is 5.47. The van der Waals surface area contributed by atoms with Crippen LogP contribution in [0.5, 0.6) is 5.75 Å². The molecule has 0 aliphatic carbocycles. The van der Waals surface area contributed by atoms with Gasteiger partial charge in [0.1, 0.15) is 5.75 Å². The summed E-state index contributed by atoms with van der Waals surface area (Å²) in [7, 11) is 0. The molecule has 1 heterocycles. The van der Waals surface area contributed by atoms with Gasteiger partial charge in [0.05, 0.1) is 0 Å². The summed E-state index contributed by atoms with van der Waals surface area (Å²) in [5, 5.41) is 12.8. The number of benzene rings is 1. The summed E-state index contributed by atoms with van der Waals surface area (Å²) in [5.41, 5.74) is 2.87. The zero-order valence-corrected chi connectivity index (χ0v) is 9.94. The van der Waals surface area contributed by atoms with Crippen molar-refractivity contribution in [2.75, 3.05) is 5.32 Å². The Bertz CT molecular complexity index is 526. The predicted molar refractivity (Wildman–Crippen MR) is 66.9 cm³/mol. The summed E-state index contributed by atoms with van der Waals surface area (Å²) in [5.74, 6) is 0.863. The van der Waals surface area contributed by atoms with E-state index in [-0.39, 0.29) is 5.75 Å². The molecule has 2 rings (SSSR count). The molecule has 17 heavy (non-hydrogen) atoms. The maximum absolute atomic E-state index is 9.69. The highest BCUT2D eigenvalue weighted by Crippen LogP contribution is 2.18. The van der Waals surface area contributed by atoms with Gasteiger partial charge in [-0.15, -0.1) is 0 Å². The van der Waals surface area contributed by atoms with Crippen LogP contribution in [-0.4, -0.2) is 15.1 Å². The molecule has 0 atom stereocenters. The Balaban J connectivity index is 2.09. The second-order valence-corrected chi connectivity index (χ2v) is 4.01. The number of hydrogen-bond acceptors (Lipinski definition) is 4. The summed E-state index contributed by atoms with van der Waals surface area (Å²) < 4.78 is 0. The molecule has 0 amide bonds. The topological polar surface area (TPSA) is 58.0 Å². The lowest BCUT2D eigenvalue weighted by Gasteiger charge is -2.07. The van der Waals surface area contributed by atoms with Gasteiger partial charge in [0.15, 0.2) is 0 Å². The van der Waals surface area contributed by atoms with Gasteiger partial charge >= 0.3 is 0 Å². The van der Waals surface area contributed by atoms with E-state index < -0.39 is 0 Å². The number of aromatic hydroxyl groups is 1. The maximum atomic E-state index is 9.69. The van der Waals surface area contributed by atoms with Crippen molar-refractivity contribution in [3.05, 3.63) is 47.3 Å². The molecule has 0 aliphatic heterocycles. The average Bonchev–Trinajstić information content (AvgIpc) is 2.30. The van der Waals surface area contributed by atoms with Crippen molar-refractivity contribution in [3.8, 4) is 5.75 Å². The van der Waals surface area contributed by atoms with Crippen molar-refractivity contribution in [1.29, 1.82) is 0 Å². The molecule has 2 aromatic rings. The number of hydrogen-bond donors (Lipinski definition) is 2. The Hall–Kier alpha value is -2.10. The first-order chi connectivity index (χ1) is 8.15. The Morgan fingerprint density at radius 2 is 2.06 bits per heavy atom. The van der Waals surface area contributed by atoms with Gasteiger partial charge in [0.2, 0.25) is 5.95 Å². The molecule has 0 radical (unpaired) electrons. The van der Waals surface area contributed by atoms with E-state index >= 15 is 0 Å². The molecular formula is C13H15N3O. The zero-order valence-electron chi connectivity index (χ0n) is 9.94.